The van der Waals surface area contributed by atoms with Crippen molar-refractivity contribution in [3.05, 3.63) is 24.3 Å². The molecule has 1 fully saturated rings. The number of nitrogens with one attached hydrogen (secondary N) is 2. The first-order chi connectivity index (χ1) is 12.1. The van der Waals surface area contributed by atoms with E-state index in [0.717, 1.165) is 19.6 Å². The molecular weight excluding hydrogens is 368 g/mol. The molecule has 0 unspecified atom stereocenters. The fourth-order valence-electron chi connectivity index (χ4n) is 3.03. The molecule has 6 nitrogen and oxygen atoms in total. The summed E-state index contributed by atoms with van der Waals surface area (Å²) in [6.07, 6.45) is 3.81. The first kappa shape index (κ1) is 21.1. The topological polar surface area (TPSA) is 64.7 Å². The van der Waals surface area contributed by atoms with E-state index in [1.165, 1.54) is 37.7 Å². The van der Waals surface area contributed by atoms with Gasteiger partial charge in [0.25, 0.3) is 0 Å². The Balaban J connectivity index is 1.95. The van der Waals surface area contributed by atoms with Crippen LogP contribution < -0.4 is 10.6 Å². The van der Waals surface area contributed by atoms with Crippen LogP contribution in [0.4, 0.5) is 5.69 Å². The largest absolute Gasteiger partial charge is 0.361 e. The summed E-state index contributed by atoms with van der Waals surface area (Å²) in [7, 11) is -0.426. The third-order valence-electron chi connectivity index (χ3n) is 4.76. The molecular formula is C18H30N4O2S2. The zero-order valence-corrected chi connectivity index (χ0v) is 17.7. The van der Waals surface area contributed by atoms with Gasteiger partial charge < -0.3 is 10.6 Å². The van der Waals surface area contributed by atoms with Gasteiger partial charge in [-0.25, -0.2) is 12.7 Å². The second-order valence-electron chi connectivity index (χ2n) is 7.48. The molecule has 0 amide bonds. The Labute approximate surface area is 163 Å². The maximum atomic E-state index is 12.2. The fraction of sp³-hybridized carbons (Fsp3) is 0.611. The summed E-state index contributed by atoms with van der Waals surface area (Å²) in [6, 6.07) is 6.69. The second kappa shape index (κ2) is 8.65. The summed E-state index contributed by atoms with van der Waals surface area (Å²) >= 11 is 5.39. The highest BCUT2D eigenvalue weighted by Crippen LogP contribution is 2.20. The van der Waals surface area contributed by atoms with Crippen LogP contribution in [0.2, 0.25) is 0 Å². The molecule has 0 aliphatic carbocycles. The number of piperidine rings is 1. The lowest BCUT2D eigenvalue weighted by atomic mass is 9.98. The molecule has 1 aromatic rings. The van der Waals surface area contributed by atoms with Crippen LogP contribution in [0.5, 0.6) is 0 Å². The first-order valence-corrected chi connectivity index (χ1v) is 10.8. The Bertz CT molecular complexity index is 726. The first-order valence-electron chi connectivity index (χ1n) is 8.95. The van der Waals surface area contributed by atoms with Crippen LogP contribution in [0.15, 0.2) is 29.2 Å². The van der Waals surface area contributed by atoms with Crippen LogP contribution in [-0.4, -0.2) is 62.0 Å². The Morgan fingerprint density at radius 1 is 1.23 bits per heavy atom. The lowest BCUT2D eigenvalue weighted by molar-refractivity contribution is 0.0986. The maximum absolute atomic E-state index is 12.2. The molecule has 0 radical (unpaired) electrons. The van der Waals surface area contributed by atoms with Crippen molar-refractivity contribution in [1.29, 1.82) is 0 Å². The number of rotatable bonds is 6. The zero-order chi connectivity index (χ0) is 19.4. The highest BCUT2D eigenvalue weighted by atomic mass is 32.2. The average Bonchev–Trinajstić information content (AvgIpc) is 2.61. The summed E-state index contributed by atoms with van der Waals surface area (Å²) in [4.78, 5) is 2.74. The summed E-state index contributed by atoms with van der Waals surface area (Å²) in [6.45, 7) is 7.42. The molecule has 1 aliphatic heterocycles. The van der Waals surface area contributed by atoms with E-state index in [1.807, 2.05) is 0 Å². The Morgan fingerprint density at radius 2 is 1.88 bits per heavy atom. The monoisotopic (exact) mass is 398 g/mol. The van der Waals surface area contributed by atoms with Gasteiger partial charge in [0.05, 0.1) is 4.90 Å². The minimum atomic E-state index is -3.46. The summed E-state index contributed by atoms with van der Waals surface area (Å²) in [5.74, 6) is 0. The van der Waals surface area contributed by atoms with E-state index in [2.05, 4.69) is 29.4 Å². The standard InChI is InChI=1S/C18H30N4O2S2/c1-18(2,22-11-6-5-7-12-22)14-19-17(25)20-15-9-8-10-16(13-15)26(23,24)21(3)4/h8-10,13H,5-7,11-12,14H2,1-4H3,(H2,19,20,25). The molecule has 0 spiro atoms. The van der Waals surface area contributed by atoms with Gasteiger partial charge in [-0.15, -0.1) is 0 Å². The van der Waals surface area contributed by atoms with Gasteiger partial charge in [-0.2, -0.15) is 0 Å². The van der Waals surface area contributed by atoms with Crippen molar-refractivity contribution in [2.75, 3.05) is 39.0 Å². The molecule has 1 aromatic carbocycles. The zero-order valence-electron chi connectivity index (χ0n) is 16.1. The number of likely N-dealkylation sites (tertiary alicyclic amines) is 1. The van der Waals surface area contributed by atoms with Crippen LogP contribution in [0.1, 0.15) is 33.1 Å². The van der Waals surface area contributed by atoms with Gasteiger partial charge in [-0.05, 0) is 70.2 Å². The van der Waals surface area contributed by atoms with Crippen molar-refractivity contribution in [1.82, 2.24) is 14.5 Å². The molecule has 0 atom stereocenters. The average molecular weight is 399 g/mol. The van der Waals surface area contributed by atoms with Gasteiger partial charge in [0, 0.05) is 31.9 Å². The molecule has 0 aromatic heterocycles. The van der Waals surface area contributed by atoms with E-state index in [-0.39, 0.29) is 10.4 Å². The number of anilines is 1. The number of nitrogens with zero attached hydrogens (tertiary/aromatic N) is 2. The van der Waals surface area contributed by atoms with Crippen molar-refractivity contribution >= 4 is 33.0 Å². The van der Waals surface area contributed by atoms with Gasteiger partial charge in [0.2, 0.25) is 10.0 Å². The van der Waals surface area contributed by atoms with Gasteiger partial charge in [0.15, 0.2) is 5.11 Å². The van der Waals surface area contributed by atoms with E-state index in [1.54, 1.807) is 24.3 Å². The number of sulfonamides is 1. The summed E-state index contributed by atoms with van der Waals surface area (Å²) in [5.41, 5.74) is 0.670. The van der Waals surface area contributed by atoms with Crippen LogP contribution >= 0.6 is 12.2 Å². The maximum Gasteiger partial charge on any atom is 0.242 e. The van der Waals surface area contributed by atoms with E-state index in [4.69, 9.17) is 12.2 Å². The smallest absolute Gasteiger partial charge is 0.242 e. The lowest BCUT2D eigenvalue weighted by Crippen LogP contribution is -2.53. The Morgan fingerprint density at radius 3 is 2.50 bits per heavy atom. The minimum Gasteiger partial charge on any atom is -0.361 e. The van der Waals surface area contributed by atoms with E-state index >= 15 is 0 Å². The predicted molar refractivity (Wildman–Crippen MR) is 111 cm³/mol. The molecule has 1 saturated heterocycles. The van der Waals surface area contributed by atoms with Gasteiger partial charge in [-0.3, -0.25) is 4.90 Å². The van der Waals surface area contributed by atoms with Crippen LogP contribution in [0.25, 0.3) is 0 Å². The molecule has 146 valence electrons. The number of hydrogen-bond donors (Lipinski definition) is 2. The minimum absolute atomic E-state index is 0.0161. The number of benzene rings is 1. The van der Waals surface area contributed by atoms with Crippen molar-refractivity contribution in [2.45, 2.75) is 43.5 Å². The summed E-state index contributed by atoms with van der Waals surface area (Å²) in [5, 5.41) is 6.85. The van der Waals surface area contributed by atoms with Crippen molar-refractivity contribution in [3.63, 3.8) is 0 Å². The number of thiocarbonyl (C=S) groups is 1. The molecule has 0 saturated carbocycles. The molecule has 1 aliphatic rings. The van der Waals surface area contributed by atoms with E-state index in [9.17, 15) is 8.42 Å². The van der Waals surface area contributed by atoms with Gasteiger partial charge in [-0.1, -0.05) is 12.5 Å². The predicted octanol–water partition coefficient (Wildman–Crippen LogP) is 2.49. The number of hydrogen-bond acceptors (Lipinski definition) is 4. The molecule has 2 N–H and O–H groups in total. The van der Waals surface area contributed by atoms with Gasteiger partial charge >= 0.3 is 0 Å². The third-order valence-corrected chi connectivity index (χ3v) is 6.82. The molecule has 0 bridgehead atoms. The van der Waals surface area contributed by atoms with Crippen molar-refractivity contribution < 1.29 is 8.42 Å². The molecule has 2 rings (SSSR count). The molecule has 8 heteroatoms. The quantitative estimate of drug-likeness (QED) is 0.718. The van der Waals surface area contributed by atoms with Crippen molar-refractivity contribution in [3.8, 4) is 0 Å². The van der Waals surface area contributed by atoms with Crippen molar-refractivity contribution in [2.24, 2.45) is 0 Å². The molecule has 26 heavy (non-hydrogen) atoms. The Kier molecular flexibility index (Phi) is 7.01. The highest BCUT2D eigenvalue weighted by Gasteiger charge is 2.27. The Hall–Kier alpha value is -1.22. The third kappa shape index (κ3) is 5.39. The van der Waals surface area contributed by atoms with Gasteiger partial charge in [0.1, 0.15) is 0 Å². The highest BCUT2D eigenvalue weighted by molar-refractivity contribution is 7.89. The van der Waals surface area contributed by atoms with E-state index < -0.39 is 10.0 Å². The second-order valence-corrected chi connectivity index (χ2v) is 10.0. The van der Waals surface area contributed by atoms with E-state index in [0.29, 0.717) is 10.8 Å². The fourth-order valence-corrected chi connectivity index (χ4v) is 4.17. The SMILES string of the molecule is CN(C)S(=O)(=O)c1cccc(NC(=S)NCC(C)(C)N2CCCCC2)c1. The van der Waals surface area contributed by atoms with Crippen LogP contribution in [0, 0.1) is 0 Å². The normalized spacial score (nSPS) is 16.5. The van der Waals surface area contributed by atoms with Crippen LogP contribution in [0.3, 0.4) is 0 Å². The lowest BCUT2D eigenvalue weighted by Gasteiger charge is -2.41. The summed E-state index contributed by atoms with van der Waals surface area (Å²) < 4.78 is 25.7. The van der Waals surface area contributed by atoms with Crippen LogP contribution in [-0.2, 0) is 10.0 Å². The molecule has 1 heterocycles.